The first-order chi connectivity index (χ1) is 9.56. The Morgan fingerprint density at radius 2 is 1.95 bits per heavy atom. The van der Waals surface area contributed by atoms with Crippen molar-refractivity contribution in [3.05, 3.63) is 52.4 Å². The number of halogens is 1. The molecular formula is C13H11FN2O2S2. The zero-order valence-corrected chi connectivity index (χ0v) is 12.0. The number of sulfone groups is 1. The molecule has 1 aromatic carbocycles. The smallest absolute Gasteiger partial charge is 0.188 e. The number of hydrogen-bond donors (Lipinski definition) is 1. The number of rotatable bonds is 2. The number of nitrogens with zero attached hydrogens (tertiary/aromatic N) is 1. The summed E-state index contributed by atoms with van der Waals surface area (Å²) < 4.78 is 36.8. The van der Waals surface area contributed by atoms with Crippen molar-refractivity contribution in [3.8, 4) is 0 Å². The summed E-state index contributed by atoms with van der Waals surface area (Å²) in [5.41, 5.74) is 4.22. The molecule has 104 valence electrons. The summed E-state index contributed by atoms with van der Waals surface area (Å²) in [6.07, 6.45) is 0.485. The first-order valence-electron chi connectivity index (χ1n) is 5.95. The van der Waals surface area contributed by atoms with Gasteiger partial charge in [-0.1, -0.05) is 0 Å². The van der Waals surface area contributed by atoms with Crippen LogP contribution in [0, 0.1) is 5.82 Å². The van der Waals surface area contributed by atoms with Gasteiger partial charge in [-0.15, -0.1) is 11.3 Å². The summed E-state index contributed by atoms with van der Waals surface area (Å²) in [6, 6.07) is 7.59. The molecule has 0 spiro atoms. The topological polar surface area (TPSA) is 58.5 Å². The summed E-state index contributed by atoms with van der Waals surface area (Å²) in [6.45, 7) is 0. The van der Waals surface area contributed by atoms with Crippen molar-refractivity contribution in [3.63, 3.8) is 0 Å². The molecule has 20 heavy (non-hydrogen) atoms. The average molecular weight is 310 g/mol. The minimum atomic E-state index is -3.14. The van der Waals surface area contributed by atoms with Crippen LogP contribution < -0.4 is 10.8 Å². The molecule has 1 aromatic heterocycles. The Kier molecular flexibility index (Phi) is 3.31. The highest BCUT2D eigenvalue weighted by Gasteiger charge is 2.27. The lowest BCUT2D eigenvalue weighted by atomic mass is 10.2. The van der Waals surface area contributed by atoms with Crippen LogP contribution in [0.1, 0.15) is 5.56 Å². The lowest BCUT2D eigenvalue weighted by molar-refractivity contribution is 0.601. The maximum atomic E-state index is 12.8. The number of benzene rings is 1. The molecule has 2 heterocycles. The van der Waals surface area contributed by atoms with E-state index in [2.05, 4.69) is 10.5 Å². The molecule has 4 nitrogen and oxygen atoms in total. The minimum Gasteiger partial charge on any atom is -0.278 e. The zero-order chi connectivity index (χ0) is 14.2. The van der Waals surface area contributed by atoms with Gasteiger partial charge >= 0.3 is 0 Å². The van der Waals surface area contributed by atoms with Crippen LogP contribution in [0.25, 0.3) is 0 Å². The van der Waals surface area contributed by atoms with Crippen molar-refractivity contribution >= 4 is 26.9 Å². The Hall–Kier alpha value is -1.73. The molecule has 7 heteroatoms. The molecule has 0 fully saturated rings. The van der Waals surface area contributed by atoms with Gasteiger partial charge in [-0.05, 0) is 42.1 Å². The van der Waals surface area contributed by atoms with Crippen LogP contribution in [-0.2, 0) is 16.3 Å². The Morgan fingerprint density at radius 1 is 1.20 bits per heavy atom. The van der Waals surface area contributed by atoms with E-state index in [9.17, 15) is 12.8 Å². The third kappa shape index (κ3) is 2.46. The van der Waals surface area contributed by atoms with E-state index in [4.69, 9.17) is 0 Å². The van der Waals surface area contributed by atoms with Gasteiger partial charge in [0.25, 0.3) is 0 Å². The SMILES string of the molecule is O=S1(=O)CCc2c1sccc2=NNc1ccc(F)cc1. The molecule has 3 rings (SSSR count). The van der Waals surface area contributed by atoms with E-state index in [0.717, 1.165) is 5.56 Å². The quantitative estimate of drug-likeness (QED) is 0.865. The van der Waals surface area contributed by atoms with Gasteiger partial charge in [0.15, 0.2) is 9.84 Å². The summed E-state index contributed by atoms with van der Waals surface area (Å²) in [5, 5.41) is 6.54. The Labute approximate surface area is 119 Å². The lowest BCUT2D eigenvalue weighted by Crippen LogP contribution is -2.10. The molecule has 2 aromatic rings. The van der Waals surface area contributed by atoms with Crippen LogP contribution in [0.5, 0.6) is 0 Å². The van der Waals surface area contributed by atoms with Crippen LogP contribution in [-0.4, -0.2) is 14.2 Å². The van der Waals surface area contributed by atoms with Crippen LogP contribution >= 0.6 is 11.3 Å². The summed E-state index contributed by atoms with van der Waals surface area (Å²) in [4.78, 5) is 0. The van der Waals surface area contributed by atoms with E-state index < -0.39 is 9.84 Å². The summed E-state index contributed by atoms with van der Waals surface area (Å²) in [7, 11) is -3.14. The van der Waals surface area contributed by atoms with E-state index in [1.54, 1.807) is 23.6 Å². The molecule has 0 aliphatic carbocycles. The van der Waals surface area contributed by atoms with Crippen LogP contribution in [0.3, 0.4) is 0 Å². The van der Waals surface area contributed by atoms with E-state index in [1.807, 2.05) is 0 Å². The largest absolute Gasteiger partial charge is 0.278 e. The van der Waals surface area contributed by atoms with Gasteiger partial charge < -0.3 is 0 Å². The minimum absolute atomic E-state index is 0.141. The van der Waals surface area contributed by atoms with Gasteiger partial charge in [0.1, 0.15) is 10.0 Å². The van der Waals surface area contributed by atoms with Crippen molar-refractivity contribution in [1.82, 2.24) is 0 Å². The molecule has 1 N–H and O–H groups in total. The highest BCUT2D eigenvalue weighted by molar-refractivity contribution is 7.93. The van der Waals surface area contributed by atoms with Gasteiger partial charge in [0.2, 0.25) is 0 Å². The molecule has 1 aliphatic rings. The highest BCUT2D eigenvalue weighted by atomic mass is 32.2. The Bertz CT molecular complexity index is 811. The van der Waals surface area contributed by atoms with E-state index in [0.29, 0.717) is 21.7 Å². The highest BCUT2D eigenvalue weighted by Crippen LogP contribution is 2.26. The summed E-state index contributed by atoms with van der Waals surface area (Å²) in [5.74, 6) is -0.175. The summed E-state index contributed by atoms with van der Waals surface area (Å²) >= 11 is 1.22. The number of fused-ring (bicyclic) bond motifs is 1. The molecule has 0 saturated carbocycles. The first kappa shape index (κ1) is 13.3. The molecule has 0 radical (unpaired) electrons. The lowest BCUT2D eigenvalue weighted by Gasteiger charge is -2.01. The van der Waals surface area contributed by atoms with E-state index >= 15 is 0 Å². The van der Waals surface area contributed by atoms with Crippen molar-refractivity contribution in [2.45, 2.75) is 10.6 Å². The third-order valence-corrected chi connectivity index (χ3v) is 6.35. The van der Waals surface area contributed by atoms with Gasteiger partial charge in [0, 0.05) is 5.56 Å². The Balaban J connectivity index is 1.98. The molecule has 1 aliphatic heterocycles. The predicted molar refractivity (Wildman–Crippen MR) is 75.7 cm³/mol. The van der Waals surface area contributed by atoms with Gasteiger partial charge in [-0.3, -0.25) is 5.43 Å². The molecule has 0 unspecified atom stereocenters. The average Bonchev–Trinajstić information content (AvgIpc) is 2.75. The zero-order valence-electron chi connectivity index (χ0n) is 10.3. The van der Waals surface area contributed by atoms with Crippen molar-refractivity contribution in [1.29, 1.82) is 0 Å². The number of hydrogen-bond acceptors (Lipinski definition) is 5. The molecular weight excluding hydrogens is 299 g/mol. The standard InChI is InChI=1S/C13H11FN2O2S2/c14-9-1-3-10(4-2-9)15-16-12-5-7-19-13-11(12)6-8-20(13,17)18/h1-5,7,15H,6,8H2. The maximum absolute atomic E-state index is 12.8. The normalized spacial score (nSPS) is 16.9. The van der Waals surface area contributed by atoms with Crippen LogP contribution in [0.4, 0.5) is 10.1 Å². The fraction of sp³-hybridized carbons (Fsp3) is 0.154. The fourth-order valence-electron chi connectivity index (χ4n) is 2.01. The molecule has 0 atom stereocenters. The van der Waals surface area contributed by atoms with Crippen LogP contribution in [0.2, 0.25) is 0 Å². The monoisotopic (exact) mass is 310 g/mol. The van der Waals surface area contributed by atoms with Crippen molar-refractivity contribution in [2.24, 2.45) is 5.10 Å². The molecule has 0 amide bonds. The van der Waals surface area contributed by atoms with Crippen molar-refractivity contribution < 1.29 is 12.8 Å². The van der Waals surface area contributed by atoms with Gasteiger partial charge in [0.05, 0.1) is 16.8 Å². The second-order valence-electron chi connectivity index (χ2n) is 4.37. The van der Waals surface area contributed by atoms with Crippen molar-refractivity contribution in [2.75, 3.05) is 11.2 Å². The maximum Gasteiger partial charge on any atom is 0.188 e. The molecule has 0 saturated heterocycles. The van der Waals surface area contributed by atoms with Gasteiger partial charge in [-0.2, -0.15) is 5.10 Å². The van der Waals surface area contributed by atoms with Crippen LogP contribution in [0.15, 0.2) is 45.0 Å². The van der Waals surface area contributed by atoms with E-state index in [1.165, 1.54) is 23.5 Å². The molecule has 0 bridgehead atoms. The number of nitrogens with one attached hydrogen (secondary N) is 1. The Morgan fingerprint density at radius 3 is 2.70 bits per heavy atom. The third-order valence-electron chi connectivity index (χ3n) is 3.01. The van der Waals surface area contributed by atoms with E-state index in [-0.39, 0.29) is 11.6 Å². The van der Waals surface area contributed by atoms with Gasteiger partial charge in [-0.25, -0.2) is 12.8 Å². The second kappa shape index (κ2) is 4.99. The predicted octanol–water partition coefficient (Wildman–Crippen LogP) is 2.14. The number of anilines is 1. The first-order valence-corrected chi connectivity index (χ1v) is 8.48. The fourth-order valence-corrected chi connectivity index (χ4v) is 4.92. The second-order valence-corrected chi connectivity index (χ2v) is 7.59.